The first-order chi connectivity index (χ1) is 16.0. The van der Waals surface area contributed by atoms with Crippen molar-refractivity contribution < 1.29 is 22.6 Å². The zero-order valence-corrected chi connectivity index (χ0v) is 20.8. The molecule has 1 heterocycles. The maximum Gasteiger partial charge on any atom is 0.416 e. The Labute approximate surface area is 203 Å². The number of alkyl halides is 3. The van der Waals surface area contributed by atoms with Crippen molar-refractivity contribution in [1.82, 2.24) is 4.98 Å². The van der Waals surface area contributed by atoms with Gasteiger partial charge in [-0.2, -0.15) is 13.2 Å². The Kier molecular flexibility index (Phi) is 8.13. The Hall–Kier alpha value is -2.73. The van der Waals surface area contributed by atoms with Crippen molar-refractivity contribution in [2.75, 3.05) is 0 Å². The lowest BCUT2D eigenvalue weighted by molar-refractivity contribution is -0.137. The van der Waals surface area contributed by atoms with Crippen molar-refractivity contribution in [3.8, 4) is 22.8 Å². The SMILES string of the molecule is CCc1cccc(CC)c1-c1cc(OC(C)C)c(COc2ccc(C(F)(F)F)cc2Cl)c(C)n1. The van der Waals surface area contributed by atoms with E-state index in [-0.39, 0.29) is 23.5 Å². The molecule has 0 unspecified atom stereocenters. The molecule has 0 fully saturated rings. The predicted octanol–water partition coefficient (Wildman–Crippen LogP) is 8.22. The number of hydrogen-bond donors (Lipinski definition) is 0. The summed E-state index contributed by atoms with van der Waals surface area (Å²) in [5, 5.41) is -0.104. The second-order valence-corrected chi connectivity index (χ2v) is 8.73. The van der Waals surface area contributed by atoms with Gasteiger partial charge in [-0.05, 0) is 62.9 Å². The minimum absolute atomic E-state index is 0.0578. The van der Waals surface area contributed by atoms with Gasteiger partial charge in [0.1, 0.15) is 18.1 Å². The van der Waals surface area contributed by atoms with Crippen LogP contribution in [0.25, 0.3) is 11.3 Å². The molecule has 1 aromatic heterocycles. The molecule has 0 saturated carbocycles. The third-order valence-corrected chi connectivity index (χ3v) is 5.83. The number of benzene rings is 2. The molecular weight excluding hydrogens is 463 g/mol. The molecule has 0 saturated heterocycles. The van der Waals surface area contributed by atoms with Gasteiger partial charge in [-0.1, -0.05) is 43.6 Å². The third kappa shape index (κ3) is 5.84. The Bertz CT molecular complexity index is 1140. The molecule has 0 radical (unpaired) electrons. The van der Waals surface area contributed by atoms with Crippen LogP contribution in [0.2, 0.25) is 5.02 Å². The summed E-state index contributed by atoms with van der Waals surface area (Å²) >= 11 is 6.07. The van der Waals surface area contributed by atoms with Crippen molar-refractivity contribution >= 4 is 11.6 Å². The van der Waals surface area contributed by atoms with E-state index in [1.54, 1.807) is 0 Å². The van der Waals surface area contributed by atoms with Crippen LogP contribution in [0.15, 0.2) is 42.5 Å². The monoisotopic (exact) mass is 491 g/mol. The minimum atomic E-state index is -4.47. The molecule has 0 N–H and O–H groups in total. The first-order valence-corrected chi connectivity index (χ1v) is 11.7. The van der Waals surface area contributed by atoms with Crippen LogP contribution in [-0.2, 0) is 25.6 Å². The van der Waals surface area contributed by atoms with E-state index < -0.39 is 11.7 Å². The lowest BCUT2D eigenvalue weighted by Crippen LogP contribution is -2.12. The molecule has 0 atom stereocenters. The summed E-state index contributed by atoms with van der Waals surface area (Å²) in [6.45, 7) is 10.0. The zero-order chi connectivity index (χ0) is 25.0. The molecule has 3 nitrogen and oxygen atoms in total. The standard InChI is InChI=1S/C27H29ClF3NO2/c1-6-18-9-8-10-19(7-2)26(18)23-14-25(34-16(3)4)21(17(5)32-23)15-33-24-12-11-20(13-22(24)28)27(29,30)31/h8-14,16H,6-7,15H2,1-5H3. The normalized spacial score (nSPS) is 11.7. The Morgan fingerprint density at radius 3 is 2.15 bits per heavy atom. The van der Waals surface area contributed by atoms with Gasteiger partial charge in [0, 0.05) is 17.3 Å². The highest BCUT2D eigenvalue weighted by Gasteiger charge is 2.31. The fourth-order valence-electron chi connectivity index (χ4n) is 3.85. The van der Waals surface area contributed by atoms with E-state index in [9.17, 15) is 13.2 Å². The van der Waals surface area contributed by atoms with E-state index in [0.717, 1.165) is 47.5 Å². The molecule has 3 aromatic rings. The van der Waals surface area contributed by atoms with Gasteiger partial charge in [0.15, 0.2) is 0 Å². The van der Waals surface area contributed by atoms with E-state index in [4.69, 9.17) is 26.1 Å². The Morgan fingerprint density at radius 1 is 0.971 bits per heavy atom. The van der Waals surface area contributed by atoms with Crippen LogP contribution >= 0.6 is 11.6 Å². The zero-order valence-electron chi connectivity index (χ0n) is 20.0. The topological polar surface area (TPSA) is 31.4 Å². The predicted molar refractivity (Wildman–Crippen MR) is 130 cm³/mol. The molecule has 0 amide bonds. The van der Waals surface area contributed by atoms with Crippen molar-refractivity contribution in [2.24, 2.45) is 0 Å². The summed E-state index contributed by atoms with van der Waals surface area (Å²) < 4.78 is 50.7. The number of rotatable bonds is 8. The molecule has 0 spiro atoms. The van der Waals surface area contributed by atoms with Crippen LogP contribution in [0.3, 0.4) is 0 Å². The number of ether oxygens (including phenoxy) is 2. The van der Waals surface area contributed by atoms with Crippen LogP contribution in [0, 0.1) is 6.92 Å². The summed E-state index contributed by atoms with van der Waals surface area (Å²) in [7, 11) is 0. The molecule has 0 aliphatic rings. The number of aryl methyl sites for hydroxylation is 3. The van der Waals surface area contributed by atoms with Gasteiger partial charge < -0.3 is 9.47 Å². The fourth-order valence-corrected chi connectivity index (χ4v) is 4.08. The molecule has 7 heteroatoms. The van der Waals surface area contributed by atoms with Crippen molar-refractivity contribution in [1.29, 1.82) is 0 Å². The summed E-state index contributed by atoms with van der Waals surface area (Å²) in [5.74, 6) is 0.798. The number of pyridine rings is 1. The van der Waals surface area contributed by atoms with Gasteiger partial charge in [0.05, 0.1) is 27.9 Å². The first-order valence-electron chi connectivity index (χ1n) is 11.3. The average molecular weight is 492 g/mol. The van der Waals surface area contributed by atoms with Gasteiger partial charge in [0.2, 0.25) is 0 Å². The van der Waals surface area contributed by atoms with Crippen molar-refractivity contribution in [3.05, 3.63) is 75.4 Å². The molecule has 182 valence electrons. The fraction of sp³-hybridized carbons (Fsp3) is 0.370. The van der Waals surface area contributed by atoms with Crippen molar-refractivity contribution in [3.63, 3.8) is 0 Å². The van der Waals surface area contributed by atoms with E-state index >= 15 is 0 Å². The maximum absolute atomic E-state index is 12.9. The first kappa shape index (κ1) is 25.9. The molecular formula is C27H29ClF3NO2. The lowest BCUT2D eigenvalue weighted by atomic mass is 9.94. The molecule has 0 aliphatic carbocycles. The van der Waals surface area contributed by atoms with E-state index in [0.29, 0.717) is 5.75 Å². The number of halogens is 4. The molecule has 0 aliphatic heterocycles. The van der Waals surface area contributed by atoms with Crippen LogP contribution in [0.1, 0.15) is 55.6 Å². The lowest BCUT2D eigenvalue weighted by Gasteiger charge is -2.20. The summed E-state index contributed by atoms with van der Waals surface area (Å²) in [4.78, 5) is 4.87. The maximum atomic E-state index is 12.9. The summed E-state index contributed by atoms with van der Waals surface area (Å²) in [6.07, 6.45) is -2.80. The largest absolute Gasteiger partial charge is 0.490 e. The number of hydrogen-bond acceptors (Lipinski definition) is 3. The third-order valence-electron chi connectivity index (χ3n) is 5.54. The van der Waals surface area contributed by atoms with Gasteiger partial charge in [0.25, 0.3) is 0 Å². The smallest absolute Gasteiger partial charge is 0.416 e. The average Bonchev–Trinajstić information content (AvgIpc) is 2.77. The molecule has 2 aromatic carbocycles. The van der Waals surface area contributed by atoms with Crippen LogP contribution in [0.5, 0.6) is 11.5 Å². The second kappa shape index (κ2) is 10.7. The molecule has 34 heavy (non-hydrogen) atoms. The van der Waals surface area contributed by atoms with E-state index in [2.05, 4.69) is 32.0 Å². The highest BCUT2D eigenvalue weighted by atomic mass is 35.5. The van der Waals surface area contributed by atoms with Gasteiger partial charge >= 0.3 is 6.18 Å². The van der Waals surface area contributed by atoms with E-state index in [1.165, 1.54) is 17.2 Å². The summed E-state index contributed by atoms with van der Waals surface area (Å²) in [5.41, 5.74) is 4.99. The highest BCUT2D eigenvalue weighted by molar-refractivity contribution is 6.32. The van der Waals surface area contributed by atoms with Crippen LogP contribution < -0.4 is 9.47 Å². The number of nitrogens with zero attached hydrogens (tertiary/aromatic N) is 1. The Morgan fingerprint density at radius 2 is 1.62 bits per heavy atom. The minimum Gasteiger partial charge on any atom is -0.490 e. The van der Waals surface area contributed by atoms with Crippen LogP contribution in [-0.4, -0.2) is 11.1 Å². The highest BCUT2D eigenvalue weighted by Crippen LogP contribution is 2.37. The Balaban J connectivity index is 2.00. The van der Waals surface area contributed by atoms with E-state index in [1.807, 2.05) is 26.8 Å². The van der Waals surface area contributed by atoms with Crippen LogP contribution in [0.4, 0.5) is 13.2 Å². The van der Waals surface area contributed by atoms with Gasteiger partial charge in [-0.25, -0.2) is 0 Å². The second-order valence-electron chi connectivity index (χ2n) is 8.33. The van der Waals surface area contributed by atoms with Crippen molar-refractivity contribution in [2.45, 2.75) is 66.3 Å². The molecule has 0 bridgehead atoms. The molecule has 3 rings (SSSR count). The quantitative estimate of drug-likeness (QED) is 0.318. The summed E-state index contributed by atoms with van der Waals surface area (Å²) in [6, 6.07) is 11.3. The van der Waals surface area contributed by atoms with Gasteiger partial charge in [-0.3, -0.25) is 4.98 Å². The van der Waals surface area contributed by atoms with Gasteiger partial charge in [-0.15, -0.1) is 0 Å². The number of aromatic nitrogens is 1.